The van der Waals surface area contributed by atoms with Crippen molar-refractivity contribution < 1.29 is 14.3 Å². The number of ether oxygens (including phenoxy) is 1. The van der Waals surface area contributed by atoms with Crippen molar-refractivity contribution in [2.45, 2.75) is 37.8 Å². The third kappa shape index (κ3) is 6.08. The molecule has 2 aromatic carbocycles. The minimum absolute atomic E-state index is 0.00320. The van der Waals surface area contributed by atoms with Crippen LogP contribution in [0, 0.1) is 0 Å². The number of benzene rings is 2. The molecule has 0 aliphatic carbocycles. The molecule has 7 N–H and O–H groups in total. The van der Waals surface area contributed by atoms with Crippen molar-refractivity contribution in [1.82, 2.24) is 10.6 Å². The molecule has 9 heteroatoms. The fourth-order valence-corrected chi connectivity index (χ4v) is 3.70. The van der Waals surface area contributed by atoms with Crippen molar-refractivity contribution in [3.8, 4) is 5.75 Å². The predicted octanol–water partition coefficient (Wildman–Crippen LogP) is 1.08. The lowest BCUT2D eigenvalue weighted by Crippen LogP contribution is -2.49. The Kier molecular flexibility index (Phi) is 7.66. The summed E-state index contributed by atoms with van der Waals surface area (Å²) in [7, 11) is 1.59. The molecule has 1 aliphatic heterocycles. The molecule has 0 spiro atoms. The van der Waals surface area contributed by atoms with Crippen molar-refractivity contribution in [1.29, 1.82) is 0 Å². The average Bonchev–Trinajstić information content (AvgIpc) is 3.30. The van der Waals surface area contributed by atoms with E-state index in [-0.39, 0.29) is 23.8 Å². The Labute approximate surface area is 181 Å². The summed E-state index contributed by atoms with van der Waals surface area (Å²) < 4.78 is 5.48. The van der Waals surface area contributed by atoms with E-state index in [1.54, 1.807) is 13.2 Å². The van der Waals surface area contributed by atoms with Crippen LogP contribution in [0.1, 0.15) is 25.7 Å². The molecule has 1 fully saturated rings. The van der Waals surface area contributed by atoms with Crippen LogP contribution in [-0.2, 0) is 9.59 Å². The maximum Gasteiger partial charge on any atom is 0.246 e. The largest absolute Gasteiger partial charge is 0.496 e. The van der Waals surface area contributed by atoms with E-state index in [0.717, 1.165) is 30.2 Å². The molecule has 166 valence electrons. The summed E-state index contributed by atoms with van der Waals surface area (Å²) >= 11 is 0. The second-order valence-corrected chi connectivity index (χ2v) is 7.55. The summed E-state index contributed by atoms with van der Waals surface area (Å²) in [5, 5.41) is 10.8. The molecule has 0 saturated carbocycles. The van der Waals surface area contributed by atoms with Crippen molar-refractivity contribution >= 4 is 34.2 Å². The number of hydrogen-bond acceptors (Lipinski definition) is 5. The molecule has 0 bridgehead atoms. The Hall–Kier alpha value is -3.33. The third-order valence-corrected chi connectivity index (χ3v) is 5.27. The van der Waals surface area contributed by atoms with E-state index in [4.69, 9.17) is 16.2 Å². The van der Waals surface area contributed by atoms with Gasteiger partial charge in [-0.25, -0.2) is 0 Å². The smallest absolute Gasteiger partial charge is 0.246 e. The van der Waals surface area contributed by atoms with Gasteiger partial charge in [-0.05, 0) is 43.7 Å². The van der Waals surface area contributed by atoms with Crippen molar-refractivity contribution in [2.24, 2.45) is 16.5 Å². The highest BCUT2D eigenvalue weighted by Gasteiger charge is 2.27. The Morgan fingerprint density at radius 1 is 1.29 bits per heavy atom. The average molecular weight is 427 g/mol. The number of aliphatic imine (C=N–C) groups is 1. The second kappa shape index (κ2) is 10.6. The second-order valence-electron chi connectivity index (χ2n) is 7.55. The van der Waals surface area contributed by atoms with Gasteiger partial charge in [0.25, 0.3) is 0 Å². The van der Waals surface area contributed by atoms with E-state index in [1.165, 1.54) is 0 Å². The van der Waals surface area contributed by atoms with Crippen molar-refractivity contribution in [3.63, 3.8) is 0 Å². The van der Waals surface area contributed by atoms with Crippen LogP contribution >= 0.6 is 0 Å². The molecule has 2 atom stereocenters. The topological polar surface area (TPSA) is 144 Å². The zero-order chi connectivity index (χ0) is 22.2. The molecule has 0 aromatic heterocycles. The molecule has 0 unspecified atom stereocenters. The highest BCUT2D eigenvalue weighted by molar-refractivity contribution is 6.00. The normalized spacial score (nSPS) is 16.5. The van der Waals surface area contributed by atoms with E-state index < -0.39 is 6.04 Å². The lowest BCUT2D eigenvalue weighted by molar-refractivity contribution is -0.127. The molecule has 31 heavy (non-hydrogen) atoms. The van der Waals surface area contributed by atoms with Crippen LogP contribution in [0.25, 0.3) is 10.8 Å². The molecular formula is C22H30N6O3. The van der Waals surface area contributed by atoms with Crippen LogP contribution in [0.3, 0.4) is 0 Å². The molecule has 1 heterocycles. The van der Waals surface area contributed by atoms with Gasteiger partial charge in [0.2, 0.25) is 11.8 Å². The van der Waals surface area contributed by atoms with Gasteiger partial charge < -0.3 is 32.2 Å². The number of carbonyl (C=O) groups is 2. The molecule has 9 nitrogen and oxygen atoms in total. The number of hydrogen-bond donors (Lipinski definition) is 5. The Balaban J connectivity index is 1.74. The van der Waals surface area contributed by atoms with Gasteiger partial charge in [-0.15, -0.1) is 0 Å². The van der Waals surface area contributed by atoms with Crippen LogP contribution in [-0.4, -0.2) is 50.1 Å². The van der Waals surface area contributed by atoms with Gasteiger partial charge in [0.15, 0.2) is 5.96 Å². The standard InChI is InChI=1S/C22H30N6O3/c1-31-19-13-15(12-14-6-2-3-7-16(14)19)27-21(30)18(9-5-11-26-22(23)24)28-20(29)17-8-4-10-25-17/h2-3,6-7,12-13,17-18,25H,4-5,8-11H2,1H3,(H,27,30)(H,28,29)(H4,23,24,26)/t17-,18+/m1/s1. The van der Waals surface area contributed by atoms with E-state index in [0.29, 0.717) is 30.8 Å². The summed E-state index contributed by atoms with van der Waals surface area (Å²) in [5.41, 5.74) is 11.3. The van der Waals surface area contributed by atoms with Gasteiger partial charge in [-0.2, -0.15) is 0 Å². The maximum absolute atomic E-state index is 13.1. The first-order valence-corrected chi connectivity index (χ1v) is 10.4. The monoisotopic (exact) mass is 426 g/mol. The fraction of sp³-hybridized carbons (Fsp3) is 0.409. The van der Waals surface area contributed by atoms with E-state index in [9.17, 15) is 9.59 Å². The Bertz CT molecular complexity index is 951. The molecule has 1 saturated heterocycles. The van der Waals surface area contributed by atoms with E-state index in [2.05, 4.69) is 20.9 Å². The number of methoxy groups -OCH3 is 1. The van der Waals surface area contributed by atoms with Crippen LogP contribution in [0.5, 0.6) is 5.75 Å². The zero-order valence-electron chi connectivity index (χ0n) is 17.7. The van der Waals surface area contributed by atoms with Gasteiger partial charge in [-0.3, -0.25) is 14.6 Å². The lowest BCUT2D eigenvalue weighted by Gasteiger charge is -2.21. The van der Waals surface area contributed by atoms with Gasteiger partial charge in [0.05, 0.1) is 13.2 Å². The minimum atomic E-state index is -0.707. The van der Waals surface area contributed by atoms with Gasteiger partial charge >= 0.3 is 0 Å². The van der Waals surface area contributed by atoms with Crippen LogP contribution in [0.15, 0.2) is 41.4 Å². The van der Waals surface area contributed by atoms with Gasteiger partial charge in [0, 0.05) is 23.7 Å². The molecule has 0 radical (unpaired) electrons. The summed E-state index contributed by atoms with van der Waals surface area (Å²) in [5.74, 6) is 0.198. The predicted molar refractivity (Wildman–Crippen MR) is 122 cm³/mol. The van der Waals surface area contributed by atoms with Gasteiger partial charge in [-0.1, -0.05) is 24.3 Å². The number of rotatable bonds is 9. The number of nitrogens with one attached hydrogen (secondary N) is 3. The first kappa shape index (κ1) is 22.4. The number of nitrogens with two attached hydrogens (primary N) is 2. The third-order valence-electron chi connectivity index (χ3n) is 5.27. The fourth-order valence-electron chi connectivity index (χ4n) is 3.70. The molecule has 2 aromatic rings. The number of amides is 2. The van der Waals surface area contributed by atoms with Crippen LogP contribution in [0.4, 0.5) is 5.69 Å². The number of carbonyl (C=O) groups excluding carboxylic acids is 2. The van der Waals surface area contributed by atoms with Crippen molar-refractivity contribution in [3.05, 3.63) is 36.4 Å². The Morgan fingerprint density at radius 3 is 2.81 bits per heavy atom. The Morgan fingerprint density at radius 2 is 2.10 bits per heavy atom. The minimum Gasteiger partial charge on any atom is -0.496 e. The quantitative estimate of drug-likeness (QED) is 0.231. The number of guanidine groups is 1. The number of nitrogens with zero attached hydrogens (tertiary/aromatic N) is 1. The lowest BCUT2D eigenvalue weighted by atomic mass is 10.1. The van der Waals surface area contributed by atoms with E-state index >= 15 is 0 Å². The van der Waals surface area contributed by atoms with Crippen LogP contribution in [0.2, 0.25) is 0 Å². The first-order valence-electron chi connectivity index (χ1n) is 10.4. The number of anilines is 1. The number of fused-ring (bicyclic) bond motifs is 1. The molecule has 3 rings (SSSR count). The van der Waals surface area contributed by atoms with Gasteiger partial charge in [0.1, 0.15) is 11.8 Å². The summed E-state index contributed by atoms with van der Waals surface area (Å²) in [6.45, 7) is 1.18. The highest BCUT2D eigenvalue weighted by atomic mass is 16.5. The van der Waals surface area contributed by atoms with E-state index in [1.807, 2.05) is 30.3 Å². The molecular weight excluding hydrogens is 396 g/mol. The molecule has 2 amide bonds. The SMILES string of the molecule is COc1cc(NC(=O)[C@H](CCCN=C(N)N)NC(=O)[C@H]2CCCN2)cc2ccccc12. The highest BCUT2D eigenvalue weighted by Crippen LogP contribution is 2.29. The van der Waals surface area contributed by atoms with Crippen LogP contribution < -0.4 is 32.2 Å². The summed E-state index contributed by atoms with van der Waals surface area (Å²) in [4.78, 5) is 29.6. The molecule has 1 aliphatic rings. The zero-order valence-corrected chi connectivity index (χ0v) is 17.7. The van der Waals surface area contributed by atoms with Crippen molar-refractivity contribution in [2.75, 3.05) is 25.5 Å². The summed E-state index contributed by atoms with van der Waals surface area (Å²) in [6.07, 6.45) is 2.66. The summed E-state index contributed by atoms with van der Waals surface area (Å²) in [6, 6.07) is 10.4. The first-order chi connectivity index (χ1) is 15.0. The maximum atomic E-state index is 13.1.